The number of thioether (sulfide) groups is 1. The van der Waals surface area contributed by atoms with Crippen LogP contribution >= 0.6 is 23.4 Å². The number of halogens is 2. The monoisotopic (exact) mass is 495 g/mol. The predicted molar refractivity (Wildman–Crippen MR) is 133 cm³/mol. The second-order valence-electron chi connectivity index (χ2n) is 9.11. The molecule has 174 valence electrons. The Balaban J connectivity index is 1.66. The minimum absolute atomic E-state index is 0.00722. The average Bonchev–Trinajstić information content (AvgIpc) is 2.78. The number of rotatable bonds is 5. The van der Waals surface area contributed by atoms with E-state index in [2.05, 4.69) is 16.7 Å². The lowest BCUT2D eigenvalue weighted by Crippen LogP contribution is -2.37. The highest BCUT2D eigenvalue weighted by Gasteiger charge is 2.41. The van der Waals surface area contributed by atoms with E-state index in [9.17, 15) is 19.2 Å². The number of nitriles is 1. The highest BCUT2D eigenvalue weighted by molar-refractivity contribution is 8.03. The maximum atomic E-state index is 13.9. The van der Waals surface area contributed by atoms with Gasteiger partial charge in [0.1, 0.15) is 5.82 Å². The van der Waals surface area contributed by atoms with Gasteiger partial charge in [-0.3, -0.25) is 9.59 Å². The number of Topliss-reactive ketones (excluding diaryl/α,β-unsaturated/α-hetero) is 1. The van der Waals surface area contributed by atoms with E-state index in [0.717, 1.165) is 23.0 Å². The van der Waals surface area contributed by atoms with Crippen molar-refractivity contribution in [1.82, 2.24) is 5.32 Å². The third-order valence-corrected chi connectivity index (χ3v) is 7.09. The van der Waals surface area contributed by atoms with Crippen LogP contribution in [-0.2, 0) is 9.59 Å². The molecule has 0 fully saturated rings. The minimum Gasteiger partial charge on any atom is -0.352 e. The lowest BCUT2D eigenvalue weighted by molar-refractivity contribution is -0.118. The summed E-state index contributed by atoms with van der Waals surface area (Å²) in [5.41, 5.74) is 2.41. The Labute approximate surface area is 207 Å². The topological polar surface area (TPSA) is 82.0 Å². The maximum Gasteiger partial charge on any atom is 0.234 e. The van der Waals surface area contributed by atoms with E-state index < -0.39 is 17.6 Å². The van der Waals surface area contributed by atoms with Gasteiger partial charge >= 0.3 is 0 Å². The lowest BCUT2D eigenvalue weighted by Gasteiger charge is -2.39. The third kappa shape index (κ3) is 5.03. The Morgan fingerprint density at radius 1 is 1.24 bits per heavy atom. The fraction of sp³-hybridized carbons (Fsp3) is 0.269. The summed E-state index contributed by atoms with van der Waals surface area (Å²) >= 11 is 7.23. The van der Waals surface area contributed by atoms with Crippen LogP contribution in [0.15, 0.2) is 70.4 Å². The van der Waals surface area contributed by atoms with Crippen LogP contribution < -0.4 is 10.6 Å². The maximum absolute atomic E-state index is 13.9. The smallest absolute Gasteiger partial charge is 0.234 e. The number of amides is 1. The van der Waals surface area contributed by atoms with Crippen LogP contribution in [0.25, 0.3) is 0 Å². The fourth-order valence-electron chi connectivity index (χ4n) is 4.37. The highest BCUT2D eigenvalue weighted by atomic mass is 35.5. The highest BCUT2D eigenvalue weighted by Crippen LogP contribution is 2.47. The van der Waals surface area contributed by atoms with Crippen LogP contribution in [-0.4, -0.2) is 17.4 Å². The van der Waals surface area contributed by atoms with Crippen molar-refractivity contribution in [3.05, 3.63) is 86.8 Å². The lowest BCUT2D eigenvalue weighted by atomic mass is 9.69. The molecule has 34 heavy (non-hydrogen) atoms. The van der Waals surface area contributed by atoms with Crippen LogP contribution in [0.5, 0.6) is 0 Å². The number of ketones is 1. The van der Waals surface area contributed by atoms with Crippen molar-refractivity contribution in [3.8, 4) is 6.07 Å². The van der Waals surface area contributed by atoms with Crippen molar-refractivity contribution >= 4 is 40.7 Å². The Bertz CT molecular complexity index is 1260. The molecule has 2 N–H and O–H groups in total. The van der Waals surface area contributed by atoms with Crippen LogP contribution in [0.2, 0.25) is 5.02 Å². The zero-order valence-electron chi connectivity index (χ0n) is 18.7. The summed E-state index contributed by atoms with van der Waals surface area (Å²) in [6.45, 7) is 4.07. The van der Waals surface area contributed by atoms with E-state index in [-0.39, 0.29) is 22.6 Å². The summed E-state index contributed by atoms with van der Waals surface area (Å²) in [6.07, 6.45) is 1.03. The van der Waals surface area contributed by atoms with Gasteiger partial charge in [-0.2, -0.15) is 5.26 Å². The van der Waals surface area contributed by atoms with Crippen LogP contribution in [0.4, 0.5) is 10.1 Å². The van der Waals surface area contributed by atoms with Crippen molar-refractivity contribution in [2.45, 2.75) is 32.6 Å². The van der Waals surface area contributed by atoms with Crippen molar-refractivity contribution in [3.63, 3.8) is 0 Å². The molecule has 1 atom stereocenters. The van der Waals surface area contributed by atoms with Gasteiger partial charge in [-0.1, -0.05) is 61.5 Å². The molecule has 1 aliphatic heterocycles. The number of benzene rings is 2. The molecule has 0 unspecified atom stereocenters. The summed E-state index contributed by atoms with van der Waals surface area (Å²) in [5, 5.41) is 17.0. The average molecular weight is 496 g/mol. The Hall–Kier alpha value is -3.08. The molecule has 0 radical (unpaired) electrons. The van der Waals surface area contributed by atoms with Crippen molar-refractivity contribution in [2.24, 2.45) is 5.41 Å². The molecule has 5 nitrogen and oxygen atoms in total. The number of dihydropyridines is 1. The first-order valence-electron chi connectivity index (χ1n) is 10.8. The molecule has 2 aliphatic rings. The zero-order valence-corrected chi connectivity index (χ0v) is 20.3. The number of anilines is 1. The molecular formula is C26H23ClFN3O2S. The van der Waals surface area contributed by atoms with Gasteiger partial charge < -0.3 is 10.6 Å². The quantitative estimate of drug-likeness (QED) is 0.538. The number of hydrogen-bond donors (Lipinski definition) is 2. The van der Waals surface area contributed by atoms with Crippen LogP contribution in [0, 0.1) is 22.6 Å². The summed E-state index contributed by atoms with van der Waals surface area (Å²) in [4.78, 5) is 25.7. The van der Waals surface area contributed by atoms with E-state index in [4.69, 9.17) is 11.6 Å². The van der Waals surface area contributed by atoms with E-state index in [1.807, 2.05) is 26.0 Å². The molecule has 0 saturated heterocycles. The molecule has 0 aromatic heterocycles. The molecule has 8 heteroatoms. The van der Waals surface area contributed by atoms with E-state index in [1.165, 1.54) is 12.1 Å². The first-order valence-corrected chi connectivity index (χ1v) is 12.1. The summed E-state index contributed by atoms with van der Waals surface area (Å²) < 4.78 is 13.9. The Kier molecular flexibility index (Phi) is 6.83. The van der Waals surface area contributed by atoms with Gasteiger partial charge in [0.2, 0.25) is 5.91 Å². The van der Waals surface area contributed by atoms with Crippen molar-refractivity contribution in [2.75, 3.05) is 11.1 Å². The normalized spacial score (nSPS) is 19.3. The fourth-order valence-corrected chi connectivity index (χ4v) is 5.35. The van der Waals surface area contributed by atoms with Gasteiger partial charge in [0.25, 0.3) is 0 Å². The van der Waals surface area contributed by atoms with Crippen molar-refractivity contribution < 1.29 is 14.0 Å². The van der Waals surface area contributed by atoms with Gasteiger partial charge in [-0.25, -0.2) is 4.39 Å². The first-order chi connectivity index (χ1) is 16.2. The molecule has 1 heterocycles. The zero-order chi connectivity index (χ0) is 24.5. The van der Waals surface area contributed by atoms with Gasteiger partial charge in [-0.15, -0.1) is 0 Å². The second kappa shape index (κ2) is 9.65. The third-order valence-electron chi connectivity index (χ3n) is 5.83. The van der Waals surface area contributed by atoms with Crippen molar-refractivity contribution in [1.29, 1.82) is 5.26 Å². The molecule has 0 spiro atoms. The van der Waals surface area contributed by atoms with E-state index >= 15 is 0 Å². The summed E-state index contributed by atoms with van der Waals surface area (Å²) in [7, 11) is 0. The second-order valence-corrected chi connectivity index (χ2v) is 10.5. The number of nitrogens with one attached hydrogen (secondary N) is 2. The first kappa shape index (κ1) is 24.1. The molecule has 1 amide bonds. The molecular weight excluding hydrogens is 473 g/mol. The van der Waals surface area contributed by atoms with Crippen LogP contribution in [0.1, 0.15) is 38.2 Å². The van der Waals surface area contributed by atoms with E-state index in [1.54, 1.807) is 24.3 Å². The Morgan fingerprint density at radius 3 is 2.62 bits per heavy atom. The predicted octanol–water partition coefficient (Wildman–Crippen LogP) is 5.92. The number of nitrogens with zero attached hydrogens (tertiary/aromatic N) is 1. The van der Waals surface area contributed by atoms with E-state index in [0.29, 0.717) is 34.0 Å². The molecule has 4 rings (SSSR count). The number of allylic oxidation sites excluding steroid dienone is 3. The van der Waals surface area contributed by atoms with Crippen LogP contribution in [0.3, 0.4) is 0 Å². The van der Waals surface area contributed by atoms with Gasteiger partial charge in [0.15, 0.2) is 5.78 Å². The molecule has 0 bridgehead atoms. The molecule has 2 aromatic rings. The summed E-state index contributed by atoms with van der Waals surface area (Å²) in [6, 6.07) is 15.3. The van der Waals surface area contributed by atoms with Gasteiger partial charge in [-0.05, 0) is 41.7 Å². The standard InChI is InChI=1S/C26H23ClFN3O2S/c1-26(2)11-20-24(21(32)12-26)23(15-7-9-16(27)10-8-15)17(13-29)25(31-20)34-14-22(33)30-19-6-4-3-5-18(19)28/h3-10,23,31H,11-12,14H2,1-2H3,(H,30,33)/t23-/m0/s1. The number of carbonyl (C=O) groups excluding carboxylic acids is 2. The summed E-state index contributed by atoms with van der Waals surface area (Å²) in [5.74, 6) is -1.49. The Morgan fingerprint density at radius 2 is 1.94 bits per heavy atom. The number of para-hydroxylation sites is 1. The number of hydrogen-bond acceptors (Lipinski definition) is 5. The molecule has 1 aliphatic carbocycles. The number of carbonyl (C=O) groups is 2. The molecule has 0 saturated carbocycles. The van der Waals surface area contributed by atoms with Gasteiger partial charge in [0, 0.05) is 22.7 Å². The molecule has 2 aromatic carbocycles. The minimum atomic E-state index is -0.542. The SMILES string of the molecule is CC1(C)CC(=O)C2=C(C1)NC(SCC(=O)Nc1ccccc1F)=C(C#N)[C@@H]2c1ccc(Cl)cc1. The largest absolute Gasteiger partial charge is 0.352 e. The van der Waals surface area contributed by atoms with Gasteiger partial charge in [0.05, 0.1) is 34.0 Å².